The average Bonchev–Trinajstić information content (AvgIpc) is 3.28. The van der Waals surface area contributed by atoms with Gasteiger partial charge in [-0.2, -0.15) is 4.98 Å². The van der Waals surface area contributed by atoms with Crippen molar-refractivity contribution in [3.63, 3.8) is 0 Å². The van der Waals surface area contributed by atoms with Crippen molar-refractivity contribution in [3.05, 3.63) is 86.0 Å². The SMILES string of the molecule is Cn1c(=O)c2c(nc(N3CCN(CC(=O)Nc4ccccc4Cl)CC3)n2Cc2ccccc2)n(C)c1=O. The smallest absolute Gasteiger partial charge is 0.332 e. The summed E-state index contributed by atoms with van der Waals surface area (Å²) in [7, 11) is 3.11. The molecule has 1 aliphatic rings. The number of hydrogen-bond donors (Lipinski definition) is 1. The summed E-state index contributed by atoms with van der Waals surface area (Å²) in [4.78, 5) is 47.3. The van der Waals surface area contributed by atoms with Crippen LogP contribution in [0.5, 0.6) is 0 Å². The Kier molecular flexibility index (Phi) is 6.86. The molecule has 3 heterocycles. The zero-order chi connectivity index (χ0) is 26.1. The van der Waals surface area contributed by atoms with Crippen LogP contribution < -0.4 is 21.5 Å². The Bertz CT molecular complexity index is 1570. The number of benzene rings is 2. The van der Waals surface area contributed by atoms with Crippen molar-refractivity contribution in [1.29, 1.82) is 0 Å². The van der Waals surface area contributed by atoms with Crippen molar-refractivity contribution in [2.75, 3.05) is 42.9 Å². The fourth-order valence-corrected chi connectivity index (χ4v) is 4.84. The molecule has 0 unspecified atom stereocenters. The van der Waals surface area contributed by atoms with Gasteiger partial charge in [0.1, 0.15) is 0 Å². The normalized spacial score (nSPS) is 14.3. The number of hydrogen-bond acceptors (Lipinski definition) is 6. The van der Waals surface area contributed by atoms with Gasteiger partial charge in [-0.1, -0.05) is 54.1 Å². The van der Waals surface area contributed by atoms with Crippen LogP contribution in [0.25, 0.3) is 11.2 Å². The number of imidazole rings is 1. The molecule has 2 aromatic heterocycles. The van der Waals surface area contributed by atoms with Crippen molar-refractivity contribution in [2.24, 2.45) is 14.1 Å². The molecule has 1 aliphatic heterocycles. The van der Waals surface area contributed by atoms with Crippen molar-refractivity contribution in [1.82, 2.24) is 23.6 Å². The van der Waals surface area contributed by atoms with E-state index in [1.165, 1.54) is 11.6 Å². The number of halogens is 1. The van der Waals surface area contributed by atoms with E-state index >= 15 is 0 Å². The third-order valence-corrected chi connectivity index (χ3v) is 7.01. The maximum Gasteiger partial charge on any atom is 0.332 e. The maximum atomic E-state index is 13.2. The molecular formula is C26H28ClN7O3. The fraction of sp³-hybridized carbons (Fsp3) is 0.308. The van der Waals surface area contributed by atoms with Gasteiger partial charge >= 0.3 is 5.69 Å². The zero-order valence-corrected chi connectivity index (χ0v) is 21.5. The van der Waals surface area contributed by atoms with Gasteiger partial charge in [0.15, 0.2) is 11.2 Å². The number of nitrogens with zero attached hydrogens (tertiary/aromatic N) is 6. The van der Waals surface area contributed by atoms with E-state index in [0.717, 1.165) is 10.1 Å². The molecule has 192 valence electrons. The molecule has 4 aromatic rings. The number of rotatable bonds is 6. The van der Waals surface area contributed by atoms with Gasteiger partial charge in [0.25, 0.3) is 5.56 Å². The first-order chi connectivity index (χ1) is 17.8. The van der Waals surface area contributed by atoms with Crippen LogP contribution in [0, 0.1) is 0 Å². The van der Waals surface area contributed by atoms with Crippen LogP contribution in [0.1, 0.15) is 5.56 Å². The van der Waals surface area contributed by atoms with Crippen LogP contribution in [0.15, 0.2) is 64.2 Å². The third kappa shape index (κ3) is 4.90. The van der Waals surface area contributed by atoms with E-state index in [1.54, 1.807) is 19.2 Å². The lowest BCUT2D eigenvalue weighted by atomic mass is 10.2. The van der Waals surface area contributed by atoms with E-state index in [1.807, 2.05) is 47.0 Å². The summed E-state index contributed by atoms with van der Waals surface area (Å²) in [5.41, 5.74) is 1.58. The fourth-order valence-electron chi connectivity index (χ4n) is 4.65. The number of para-hydroxylation sites is 1. The Morgan fingerprint density at radius 1 is 0.946 bits per heavy atom. The van der Waals surface area contributed by atoms with Gasteiger partial charge in [-0.25, -0.2) is 4.79 Å². The van der Waals surface area contributed by atoms with Crippen molar-refractivity contribution in [2.45, 2.75) is 6.54 Å². The van der Waals surface area contributed by atoms with Crippen LogP contribution in [-0.4, -0.2) is 62.2 Å². The van der Waals surface area contributed by atoms with E-state index in [-0.39, 0.29) is 18.0 Å². The highest BCUT2D eigenvalue weighted by Crippen LogP contribution is 2.23. The van der Waals surface area contributed by atoms with Crippen LogP contribution in [-0.2, 0) is 25.4 Å². The van der Waals surface area contributed by atoms with Gasteiger partial charge in [-0.3, -0.25) is 28.2 Å². The molecule has 1 fully saturated rings. The third-order valence-electron chi connectivity index (χ3n) is 6.68. The number of carbonyl (C=O) groups is 1. The van der Waals surface area contributed by atoms with Crippen molar-refractivity contribution in [3.8, 4) is 0 Å². The number of carbonyl (C=O) groups excluding carboxylic acids is 1. The standard InChI is InChI=1S/C26H28ClN7O3/c1-30-23-22(24(36)31(2)26(30)37)34(16-18-8-4-3-5-9-18)25(29-23)33-14-12-32(13-15-33)17-21(35)28-20-11-7-6-10-19(20)27/h3-11H,12-17H2,1-2H3,(H,28,35). The molecule has 1 saturated heterocycles. The molecule has 0 spiro atoms. The predicted octanol–water partition coefficient (Wildman–Crippen LogP) is 1.90. The van der Waals surface area contributed by atoms with E-state index in [2.05, 4.69) is 15.1 Å². The molecular weight excluding hydrogens is 494 g/mol. The van der Waals surface area contributed by atoms with Crippen LogP contribution in [0.2, 0.25) is 5.02 Å². The minimum atomic E-state index is -0.414. The maximum absolute atomic E-state index is 13.2. The molecule has 10 nitrogen and oxygen atoms in total. The second-order valence-corrected chi connectivity index (χ2v) is 9.56. The molecule has 5 rings (SSSR count). The zero-order valence-electron chi connectivity index (χ0n) is 20.7. The molecule has 1 N–H and O–H groups in total. The van der Waals surface area contributed by atoms with Gasteiger partial charge < -0.3 is 10.2 Å². The van der Waals surface area contributed by atoms with Crippen LogP contribution >= 0.6 is 11.6 Å². The molecule has 0 atom stereocenters. The van der Waals surface area contributed by atoms with E-state index < -0.39 is 5.69 Å². The molecule has 0 radical (unpaired) electrons. The number of aromatic nitrogens is 4. The summed E-state index contributed by atoms with van der Waals surface area (Å²) < 4.78 is 4.42. The Hall–Kier alpha value is -3.89. The van der Waals surface area contributed by atoms with E-state index in [4.69, 9.17) is 16.6 Å². The minimum absolute atomic E-state index is 0.128. The van der Waals surface area contributed by atoms with Gasteiger partial charge in [0.2, 0.25) is 11.9 Å². The minimum Gasteiger partial charge on any atom is -0.340 e. The summed E-state index contributed by atoms with van der Waals surface area (Å²) in [6.45, 7) is 3.20. The summed E-state index contributed by atoms with van der Waals surface area (Å²) in [5, 5.41) is 3.36. The van der Waals surface area contributed by atoms with Gasteiger partial charge in [-0.05, 0) is 17.7 Å². The highest BCUT2D eigenvalue weighted by atomic mass is 35.5. The van der Waals surface area contributed by atoms with Crippen molar-refractivity contribution < 1.29 is 4.79 Å². The monoisotopic (exact) mass is 521 g/mol. The van der Waals surface area contributed by atoms with Gasteiger partial charge in [-0.15, -0.1) is 0 Å². The molecule has 0 aliphatic carbocycles. The highest BCUT2D eigenvalue weighted by molar-refractivity contribution is 6.33. The first-order valence-corrected chi connectivity index (χ1v) is 12.4. The molecule has 0 bridgehead atoms. The lowest BCUT2D eigenvalue weighted by molar-refractivity contribution is -0.117. The van der Waals surface area contributed by atoms with E-state index in [0.29, 0.717) is 60.5 Å². The first-order valence-electron chi connectivity index (χ1n) is 12.1. The van der Waals surface area contributed by atoms with Gasteiger partial charge in [0.05, 0.1) is 23.8 Å². The highest BCUT2D eigenvalue weighted by Gasteiger charge is 2.26. The van der Waals surface area contributed by atoms with E-state index in [9.17, 15) is 14.4 Å². The van der Waals surface area contributed by atoms with Crippen LogP contribution in [0.4, 0.5) is 11.6 Å². The lowest BCUT2D eigenvalue weighted by Gasteiger charge is -2.35. The summed E-state index contributed by atoms with van der Waals surface area (Å²) in [6.07, 6.45) is 0. The molecule has 37 heavy (non-hydrogen) atoms. The quantitative estimate of drug-likeness (QED) is 0.416. The molecule has 11 heteroatoms. The molecule has 0 saturated carbocycles. The number of aryl methyl sites for hydroxylation is 1. The number of fused-ring (bicyclic) bond motifs is 1. The average molecular weight is 522 g/mol. The number of nitrogens with one attached hydrogen (secondary N) is 1. The molecule has 1 amide bonds. The second-order valence-electron chi connectivity index (χ2n) is 9.15. The summed E-state index contributed by atoms with van der Waals surface area (Å²) in [5.74, 6) is 0.508. The summed E-state index contributed by atoms with van der Waals surface area (Å²) in [6, 6.07) is 17.0. The lowest BCUT2D eigenvalue weighted by Crippen LogP contribution is -2.49. The molecule has 2 aromatic carbocycles. The van der Waals surface area contributed by atoms with Gasteiger partial charge in [0, 0.05) is 40.3 Å². The number of anilines is 2. The first kappa shape index (κ1) is 24.8. The Labute approximate surface area is 218 Å². The number of piperazine rings is 1. The Balaban J connectivity index is 1.39. The van der Waals surface area contributed by atoms with Crippen molar-refractivity contribution >= 4 is 40.3 Å². The number of amides is 1. The largest absolute Gasteiger partial charge is 0.340 e. The predicted molar refractivity (Wildman–Crippen MR) is 144 cm³/mol. The summed E-state index contributed by atoms with van der Waals surface area (Å²) >= 11 is 6.16. The Morgan fingerprint density at radius 2 is 1.62 bits per heavy atom. The van der Waals surface area contributed by atoms with Crippen LogP contribution in [0.3, 0.4) is 0 Å². The topological polar surface area (TPSA) is 97.4 Å². The Morgan fingerprint density at radius 3 is 2.32 bits per heavy atom. The second kappa shape index (κ2) is 10.2.